The number of aromatic nitrogens is 1. The molecule has 2 rings (SSSR count). The first-order valence-electron chi connectivity index (χ1n) is 5.17. The quantitative estimate of drug-likeness (QED) is 0.745. The fourth-order valence-electron chi connectivity index (χ4n) is 2.05. The molecule has 1 aromatic heterocycles. The molecule has 1 fully saturated rings. The molecule has 0 bridgehead atoms. The first kappa shape index (κ1) is 10.2. The Morgan fingerprint density at radius 2 is 2.20 bits per heavy atom. The van der Waals surface area contributed by atoms with Crippen molar-refractivity contribution in [3.05, 3.63) is 17.0 Å². The molecular formula is C10H15N3O2. The van der Waals surface area contributed by atoms with Crippen molar-refractivity contribution in [3.63, 3.8) is 0 Å². The van der Waals surface area contributed by atoms with E-state index in [4.69, 9.17) is 10.3 Å². The second-order valence-corrected chi connectivity index (χ2v) is 3.90. The Morgan fingerprint density at radius 3 is 2.80 bits per heavy atom. The maximum atomic E-state index is 11.3. The summed E-state index contributed by atoms with van der Waals surface area (Å²) in [5.74, 6) is 0.499. The van der Waals surface area contributed by atoms with E-state index in [0.29, 0.717) is 17.0 Å². The Labute approximate surface area is 88.0 Å². The molecule has 0 spiro atoms. The van der Waals surface area contributed by atoms with Gasteiger partial charge < -0.3 is 15.6 Å². The normalized spacial score (nSPS) is 17.9. The molecule has 82 valence electrons. The van der Waals surface area contributed by atoms with Crippen molar-refractivity contribution in [1.82, 2.24) is 10.5 Å². The van der Waals surface area contributed by atoms with Crippen LogP contribution in [-0.2, 0) is 0 Å². The number of rotatable bonds is 2. The van der Waals surface area contributed by atoms with E-state index in [1.54, 1.807) is 6.92 Å². The van der Waals surface area contributed by atoms with E-state index < -0.39 is 5.91 Å². The van der Waals surface area contributed by atoms with Crippen molar-refractivity contribution < 1.29 is 9.32 Å². The van der Waals surface area contributed by atoms with E-state index >= 15 is 0 Å². The van der Waals surface area contributed by atoms with Crippen molar-refractivity contribution in [2.24, 2.45) is 5.73 Å². The predicted molar refractivity (Wildman–Crippen MR) is 54.6 cm³/mol. The first-order valence-corrected chi connectivity index (χ1v) is 5.17. The number of piperidine rings is 1. The smallest absolute Gasteiger partial charge is 0.254 e. The Kier molecular flexibility index (Phi) is 2.73. The van der Waals surface area contributed by atoms with Crippen LogP contribution in [-0.4, -0.2) is 24.2 Å². The molecule has 0 atom stereocenters. The fourth-order valence-corrected chi connectivity index (χ4v) is 2.05. The number of nitrogens with zero attached hydrogens (tertiary/aromatic N) is 1. The standard InChI is InChI=1S/C10H15N3O2/c1-6-8(10(11)14)9(15-13-6)7-2-4-12-5-3-7/h7,12H,2-5H2,1H3,(H2,11,14). The minimum atomic E-state index is -0.442. The summed E-state index contributed by atoms with van der Waals surface area (Å²) in [4.78, 5) is 11.3. The molecule has 0 unspecified atom stereocenters. The zero-order valence-electron chi connectivity index (χ0n) is 8.75. The molecule has 0 aromatic carbocycles. The lowest BCUT2D eigenvalue weighted by Gasteiger charge is -2.20. The number of primary amides is 1. The van der Waals surface area contributed by atoms with Crippen LogP contribution in [0.5, 0.6) is 0 Å². The summed E-state index contributed by atoms with van der Waals surface area (Å²) in [5.41, 5.74) is 6.38. The summed E-state index contributed by atoms with van der Waals surface area (Å²) < 4.78 is 5.22. The van der Waals surface area contributed by atoms with Gasteiger partial charge in [0.15, 0.2) is 5.76 Å². The van der Waals surface area contributed by atoms with Crippen molar-refractivity contribution in [2.75, 3.05) is 13.1 Å². The molecule has 1 saturated heterocycles. The number of aryl methyl sites for hydroxylation is 1. The molecule has 5 nitrogen and oxygen atoms in total. The lowest BCUT2D eigenvalue weighted by atomic mass is 9.92. The van der Waals surface area contributed by atoms with Crippen molar-refractivity contribution >= 4 is 5.91 Å². The van der Waals surface area contributed by atoms with Gasteiger partial charge in [-0.05, 0) is 32.9 Å². The number of amides is 1. The molecule has 1 amide bonds. The highest BCUT2D eigenvalue weighted by atomic mass is 16.5. The Bertz CT molecular complexity index is 367. The molecular weight excluding hydrogens is 194 g/mol. The Morgan fingerprint density at radius 1 is 1.53 bits per heavy atom. The predicted octanol–water partition coefficient (Wildman–Crippen LogP) is 0.549. The topological polar surface area (TPSA) is 81.2 Å². The number of hydrogen-bond donors (Lipinski definition) is 2. The summed E-state index contributed by atoms with van der Waals surface area (Å²) in [6.07, 6.45) is 1.93. The fraction of sp³-hybridized carbons (Fsp3) is 0.600. The molecule has 1 aliphatic rings. The van der Waals surface area contributed by atoms with Crippen molar-refractivity contribution in [2.45, 2.75) is 25.7 Å². The highest BCUT2D eigenvalue weighted by Crippen LogP contribution is 2.29. The molecule has 15 heavy (non-hydrogen) atoms. The van der Waals surface area contributed by atoms with Crippen LogP contribution in [0.15, 0.2) is 4.52 Å². The summed E-state index contributed by atoms with van der Waals surface area (Å²) in [5, 5.41) is 7.08. The molecule has 5 heteroatoms. The van der Waals surface area contributed by atoms with Crippen molar-refractivity contribution in [1.29, 1.82) is 0 Å². The van der Waals surface area contributed by atoms with Gasteiger partial charge in [-0.25, -0.2) is 0 Å². The Balaban J connectivity index is 2.30. The van der Waals surface area contributed by atoms with Gasteiger partial charge >= 0.3 is 0 Å². The second kappa shape index (κ2) is 4.02. The maximum absolute atomic E-state index is 11.3. The number of hydrogen-bond acceptors (Lipinski definition) is 4. The van der Waals surface area contributed by atoms with Crippen LogP contribution < -0.4 is 11.1 Å². The van der Waals surface area contributed by atoms with Gasteiger partial charge in [0.2, 0.25) is 0 Å². The minimum Gasteiger partial charge on any atom is -0.365 e. The van der Waals surface area contributed by atoms with E-state index in [1.165, 1.54) is 0 Å². The van der Waals surface area contributed by atoms with Crippen molar-refractivity contribution in [3.8, 4) is 0 Å². The van der Waals surface area contributed by atoms with E-state index in [2.05, 4.69) is 10.5 Å². The summed E-state index contributed by atoms with van der Waals surface area (Å²) in [7, 11) is 0. The van der Waals surface area contributed by atoms with Gasteiger partial charge in [-0.3, -0.25) is 4.79 Å². The van der Waals surface area contributed by atoms with Gasteiger partial charge in [-0.2, -0.15) is 0 Å². The highest BCUT2D eigenvalue weighted by molar-refractivity contribution is 5.94. The number of nitrogens with two attached hydrogens (primary N) is 1. The molecule has 0 radical (unpaired) electrons. The molecule has 3 N–H and O–H groups in total. The molecule has 0 saturated carbocycles. The number of carbonyl (C=O) groups is 1. The summed E-state index contributed by atoms with van der Waals surface area (Å²) >= 11 is 0. The van der Waals surface area contributed by atoms with Gasteiger partial charge in [0.1, 0.15) is 5.56 Å². The molecule has 2 heterocycles. The molecule has 1 aliphatic heterocycles. The average molecular weight is 209 g/mol. The third-order valence-electron chi connectivity index (χ3n) is 2.85. The van der Waals surface area contributed by atoms with Gasteiger partial charge in [-0.1, -0.05) is 5.16 Å². The largest absolute Gasteiger partial charge is 0.365 e. The number of carbonyl (C=O) groups excluding carboxylic acids is 1. The van der Waals surface area contributed by atoms with E-state index in [0.717, 1.165) is 25.9 Å². The van der Waals surface area contributed by atoms with Crippen LogP contribution in [0.1, 0.15) is 40.6 Å². The summed E-state index contributed by atoms with van der Waals surface area (Å²) in [6, 6.07) is 0. The van der Waals surface area contributed by atoms with Gasteiger partial charge in [0.25, 0.3) is 5.91 Å². The van der Waals surface area contributed by atoms with Crippen LogP contribution in [0, 0.1) is 6.92 Å². The number of nitrogens with one attached hydrogen (secondary N) is 1. The molecule has 0 aliphatic carbocycles. The minimum absolute atomic E-state index is 0.273. The highest BCUT2D eigenvalue weighted by Gasteiger charge is 2.26. The van der Waals surface area contributed by atoms with E-state index in [9.17, 15) is 4.79 Å². The van der Waals surface area contributed by atoms with E-state index in [-0.39, 0.29) is 5.92 Å². The maximum Gasteiger partial charge on any atom is 0.254 e. The van der Waals surface area contributed by atoms with E-state index in [1.807, 2.05) is 0 Å². The third kappa shape index (κ3) is 1.87. The van der Waals surface area contributed by atoms with Crippen LogP contribution in [0.3, 0.4) is 0 Å². The monoisotopic (exact) mass is 209 g/mol. The first-order chi connectivity index (χ1) is 7.20. The van der Waals surface area contributed by atoms with Gasteiger partial charge in [0.05, 0.1) is 5.69 Å². The lowest BCUT2D eigenvalue weighted by Crippen LogP contribution is -2.27. The van der Waals surface area contributed by atoms with Crippen LogP contribution in [0.25, 0.3) is 0 Å². The molecule has 1 aromatic rings. The summed E-state index contributed by atoms with van der Waals surface area (Å²) in [6.45, 7) is 3.64. The Hall–Kier alpha value is -1.36. The zero-order chi connectivity index (χ0) is 10.8. The third-order valence-corrected chi connectivity index (χ3v) is 2.85. The van der Waals surface area contributed by atoms with Gasteiger partial charge in [-0.15, -0.1) is 0 Å². The van der Waals surface area contributed by atoms with Crippen LogP contribution >= 0.6 is 0 Å². The average Bonchev–Trinajstić information content (AvgIpc) is 2.61. The van der Waals surface area contributed by atoms with Crippen LogP contribution in [0.2, 0.25) is 0 Å². The van der Waals surface area contributed by atoms with Gasteiger partial charge in [0, 0.05) is 5.92 Å². The van der Waals surface area contributed by atoms with Crippen LogP contribution in [0.4, 0.5) is 0 Å². The lowest BCUT2D eigenvalue weighted by molar-refractivity contribution is 0.0996. The zero-order valence-corrected chi connectivity index (χ0v) is 8.75. The second-order valence-electron chi connectivity index (χ2n) is 3.90. The SMILES string of the molecule is Cc1noc(C2CCNCC2)c1C(N)=O.